The van der Waals surface area contributed by atoms with Gasteiger partial charge >= 0.3 is 0 Å². The zero-order valence-electron chi connectivity index (χ0n) is 8.09. The highest BCUT2D eigenvalue weighted by atomic mass is 35.5. The lowest BCUT2D eigenvalue weighted by atomic mass is 10.1. The largest absolute Gasteiger partial charge is 0.261 e. The average Bonchev–Trinajstić information content (AvgIpc) is 2.13. The predicted molar refractivity (Wildman–Crippen MR) is 57.2 cm³/mol. The smallest absolute Gasteiger partial charge is 0.0406 e. The molecule has 13 heavy (non-hydrogen) atoms. The number of hydrogen-bond donors (Lipinski definition) is 0. The first-order valence-electron chi connectivity index (χ1n) is 4.80. The third kappa shape index (κ3) is 4.28. The van der Waals surface area contributed by atoms with Gasteiger partial charge in [-0.3, -0.25) is 4.98 Å². The van der Waals surface area contributed by atoms with Crippen LogP contribution in [0, 0.1) is 6.92 Å². The van der Waals surface area contributed by atoms with E-state index >= 15 is 0 Å². The molecular weight excluding hydrogens is 182 g/mol. The summed E-state index contributed by atoms with van der Waals surface area (Å²) in [5, 5.41) is 0. The Morgan fingerprint density at radius 3 is 2.85 bits per heavy atom. The van der Waals surface area contributed by atoms with Gasteiger partial charge < -0.3 is 0 Å². The summed E-state index contributed by atoms with van der Waals surface area (Å²) < 4.78 is 0. The van der Waals surface area contributed by atoms with E-state index in [2.05, 4.69) is 18.0 Å². The molecule has 0 atom stereocenters. The molecule has 0 fully saturated rings. The summed E-state index contributed by atoms with van der Waals surface area (Å²) in [4.78, 5) is 4.30. The second kappa shape index (κ2) is 5.98. The van der Waals surface area contributed by atoms with Crippen molar-refractivity contribution < 1.29 is 0 Å². The minimum Gasteiger partial charge on any atom is -0.261 e. The van der Waals surface area contributed by atoms with Gasteiger partial charge in [-0.1, -0.05) is 6.42 Å². The second-order valence-corrected chi connectivity index (χ2v) is 3.70. The van der Waals surface area contributed by atoms with Crippen molar-refractivity contribution in [3.63, 3.8) is 0 Å². The molecule has 0 aliphatic carbocycles. The molecule has 0 bridgehead atoms. The van der Waals surface area contributed by atoms with Crippen LogP contribution in [0.2, 0.25) is 0 Å². The van der Waals surface area contributed by atoms with Crippen LogP contribution in [-0.4, -0.2) is 10.9 Å². The maximum Gasteiger partial charge on any atom is 0.0406 e. The molecule has 0 aromatic carbocycles. The number of aryl methyl sites for hydroxylation is 2. The van der Waals surface area contributed by atoms with E-state index in [1.165, 1.54) is 24.1 Å². The Kier molecular flexibility index (Phi) is 4.84. The number of pyridine rings is 1. The standard InChI is InChI=1S/C11H16ClN/c1-10-6-8-13-11(9-10)5-3-2-4-7-12/h6,8-9H,2-5,7H2,1H3. The van der Waals surface area contributed by atoms with Crippen molar-refractivity contribution in [1.82, 2.24) is 4.98 Å². The van der Waals surface area contributed by atoms with E-state index in [1.807, 2.05) is 12.3 Å². The van der Waals surface area contributed by atoms with Gasteiger partial charge in [0.1, 0.15) is 0 Å². The van der Waals surface area contributed by atoms with Crippen LogP contribution in [0.4, 0.5) is 0 Å². The van der Waals surface area contributed by atoms with E-state index in [1.54, 1.807) is 0 Å². The minimum atomic E-state index is 0.779. The lowest BCUT2D eigenvalue weighted by molar-refractivity contribution is 0.710. The summed E-state index contributed by atoms with van der Waals surface area (Å²) in [6, 6.07) is 4.18. The number of unbranched alkanes of at least 4 members (excludes halogenated alkanes) is 2. The first kappa shape index (κ1) is 10.5. The minimum absolute atomic E-state index is 0.779. The van der Waals surface area contributed by atoms with Crippen molar-refractivity contribution in [2.75, 3.05) is 5.88 Å². The van der Waals surface area contributed by atoms with E-state index in [9.17, 15) is 0 Å². The average molecular weight is 198 g/mol. The van der Waals surface area contributed by atoms with Crippen molar-refractivity contribution in [1.29, 1.82) is 0 Å². The Labute approximate surface area is 85.1 Å². The fourth-order valence-corrected chi connectivity index (χ4v) is 1.50. The van der Waals surface area contributed by atoms with Gasteiger partial charge in [0.05, 0.1) is 0 Å². The Balaban J connectivity index is 2.28. The fraction of sp³-hybridized carbons (Fsp3) is 0.545. The lowest BCUT2D eigenvalue weighted by Crippen LogP contribution is -1.90. The molecule has 1 nitrogen and oxygen atoms in total. The zero-order valence-corrected chi connectivity index (χ0v) is 8.85. The number of rotatable bonds is 5. The Hall–Kier alpha value is -0.560. The molecule has 2 heteroatoms. The van der Waals surface area contributed by atoms with Gasteiger partial charge in [-0.2, -0.15) is 0 Å². The Bertz CT molecular complexity index is 248. The fourth-order valence-electron chi connectivity index (χ4n) is 1.31. The molecule has 0 spiro atoms. The van der Waals surface area contributed by atoms with Gasteiger partial charge in [-0.05, 0) is 43.9 Å². The lowest BCUT2D eigenvalue weighted by Gasteiger charge is -2.00. The maximum atomic E-state index is 5.59. The highest BCUT2D eigenvalue weighted by molar-refractivity contribution is 6.17. The van der Waals surface area contributed by atoms with Gasteiger partial charge in [-0.25, -0.2) is 0 Å². The van der Waals surface area contributed by atoms with Crippen molar-refractivity contribution in [3.8, 4) is 0 Å². The molecule has 0 aliphatic rings. The van der Waals surface area contributed by atoms with Gasteiger partial charge in [0.2, 0.25) is 0 Å². The summed E-state index contributed by atoms with van der Waals surface area (Å²) in [6.07, 6.45) is 6.49. The molecule has 1 aromatic rings. The highest BCUT2D eigenvalue weighted by Crippen LogP contribution is 2.06. The molecule has 1 heterocycles. The van der Waals surface area contributed by atoms with E-state index in [0.29, 0.717) is 0 Å². The topological polar surface area (TPSA) is 12.9 Å². The SMILES string of the molecule is Cc1ccnc(CCCCCCl)c1. The first-order valence-corrected chi connectivity index (χ1v) is 5.34. The normalized spacial score (nSPS) is 10.3. The summed E-state index contributed by atoms with van der Waals surface area (Å²) >= 11 is 5.59. The van der Waals surface area contributed by atoms with E-state index in [4.69, 9.17) is 11.6 Å². The summed E-state index contributed by atoms with van der Waals surface area (Å²) in [6.45, 7) is 2.10. The van der Waals surface area contributed by atoms with Crippen molar-refractivity contribution in [2.45, 2.75) is 32.6 Å². The van der Waals surface area contributed by atoms with Crippen LogP contribution in [0.3, 0.4) is 0 Å². The molecular formula is C11H16ClN. The van der Waals surface area contributed by atoms with Crippen LogP contribution in [0.25, 0.3) is 0 Å². The Morgan fingerprint density at radius 2 is 2.15 bits per heavy atom. The third-order valence-corrected chi connectivity index (χ3v) is 2.31. The molecule has 0 saturated carbocycles. The number of alkyl halides is 1. The molecule has 1 rings (SSSR count). The monoisotopic (exact) mass is 197 g/mol. The maximum absolute atomic E-state index is 5.59. The molecule has 0 aliphatic heterocycles. The molecule has 0 unspecified atom stereocenters. The predicted octanol–water partition coefficient (Wildman–Crippen LogP) is 3.34. The van der Waals surface area contributed by atoms with Crippen molar-refractivity contribution in [2.24, 2.45) is 0 Å². The van der Waals surface area contributed by atoms with Gasteiger partial charge in [0.25, 0.3) is 0 Å². The van der Waals surface area contributed by atoms with E-state index in [0.717, 1.165) is 18.7 Å². The van der Waals surface area contributed by atoms with Crippen LogP contribution < -0.4 is 0 Å². The number of hydrogen-bond acceptors (Lipinski definition) is 1. The Morgan fingerprint density at radius 1 is 1.31 bits per heavy atom. The van der Waals surface area contributed by atoms with E-state index < -0.39 is 0 Å². The van der Waals surface area contributed by atoms with Gasteiger partial charge in [0, 0.05) is 17.8 Å². The first-order chi connectivity index (χ1) is 6.33. The number of aromatic nitrogens is 1. The van der Waals surface area contributed by atoms with Crippen molar-refractivity contribution >= 4 is 11.6 Å². The van der Waals surface area contributed by atoms with Gasteiger partial charge in [-0.15, -0.1) is 11.6 Å². The van der Waals surface area contributed by atoms with Crippen LogP contribution in [0.5, 0.6) is 0 Å². The molecule has 0 radical (unpaired) electrons. The van der Waals surface area contributed by atoms with Crippen LogP contribution >= 0.6 is 11.6 Å². The number of nitrogens with zero attached hydrogens (tertiary/aromatic N) is 1. The molecule has 72 valence electrons. The summed E-state index contributed by atoms with van der Waals surface area (Å²) in [5.74, 6) is 0.779. The van der Waals surface area contributed by atoms with E-state index in [-0.39, 0.29) is 0 Å². The number of halogens is 1. The summed E-state index contributed by atoms with van der Waals surface area (Å²) in [5.41, 5.74) is 2.50. The molecule has 0 amide bonds. The van der Waals surface area contributed by atoms with Gasteiger partial charge in [0.15, 0.2) is 0 Å². The van der Waals surface area contributed by atoms with Crippen LogP contribution in [0.15, 0.2) is 18.3 Å². The van der Waals surface area contributed by atoms with Crippen LogP contribution in [-0.2, 0) is 6.42 Å². The zero-order chi connectivity index (χ0) is 9.52. The summed E-state index contributed by atoms with van der Waals surface area (Å²) in [7, 11) is 0. The van der Waals surface area contributed by atoms with Crippen LogP contribution in [0.1, 0.15) is 30.5 Å². The van der Waals surface area contributed by atoms with Crippen molar-refractivity contribution in [3.05, 3.63) is 29.6 Å². The molecule has 0 saturated heterocycles. The molecule has 0 N–H and O–H groups in total. The quantitative estimate of drug-likeness (QED) is 0.521. The molecule has 1 aromatic heterocycles. The second-order valence-electron chi connectivity index (χ2n) is 3.32. The third-order valence-electron chi connectivity index (χ3n) is 2.04. The highest BCUT2D eigenvalue weighted by Gasteiger charge is 1.94.